The van der Waals surface area contributed by atoms with Gasteiger partial charge >= 0.3 is 5.76 Å². The number of hydrogen-bond acceptors (Lipinski definition) is 5. The van der Waals surface area contributed by atoms with Crippen molar-refractivity contribution in [3.8, 4) is 0 Å². The van der Waals surface area contributed by atoms with Crippen molar-refractivity contribution in [2.75, 3.05) is 7.11 Å². The molecular weight excluding hydrogens is 256 g/mol. The summed E-state index contributed by atoms with van der Waals surface area (Å²) in [5, 5.41) is 3.52. The highest BCUT2D eigenvalue weighted by Crippen LogP contribution is 2.06. The molecule has 94 valence electrons. The summed E-state index contributed by atoms with van der Waals surface area (Å²) in [6.45, 7) is 0. The van der Waals surface area contributed by atoms with Crippen LogP contribution in [0.3, 0.4) is 0 Å². The normalized spacial score (nSPS) is 12.9. The molecule has 1 aromatic heterocycles. The molecule has 1 heterocycles. The van der Waals surface area contributed by atoms with Gasteiger partial charge in [0.15, 0.2) is 5.82 Å². The number of aromatic nitrogens is 2. The third-order valence-electron chi connectivity index (χ3n) is 2.11. The average molecular weight is 266 g/mol. The Morgan fingerprint density at radius 2 is 2.06 bits per heavy atom. The molecule has 0 amide bonds. The molecule has 0 radical (unpaired) electrons. The van der Waals surface area contributed by atoms with Crippen molar-refractivity contribution in [2.45, 2.75) is 0 Å². The van der Waals surface area contributed by atoms with Gasteiger partial charge in [0.2, 0.25) is 0 Å². The summed E-state index contributed by atoms with van der Waals surface area (Å²) in [5.41, 5.74) is 0.919. The van der Waals surface area contributed by atoms with Gasteiger partial charge in [-0.3, -0.25) is 8.71 Å². The molecule has 0 fully saturated rings. The molecule has 2 aromatic rings. The standard InChI is InChI=1S/C11H10N2O4S/c1-16-18(15)13-10(12-17-11(13)14)8-7-9-5-3-2-4-6-9/h2-8H,1H3/b8-7+. The molecule has 0 spiro atoms. The molecule has 1 unspecified atom stereocenters. The zero-order valence-electron chi connectivity index (χ0n) is 9.48. The third-order valence-corrected chi connectivity index (χ3v) is 3.03. The molecule has 0 aliphatic rings. The second-order valence-corrected chi connectivity index (χ2v) is 4.36. The van der Waals surface area contributed by atoms with Crippen LogP contribution in [0.5, 0.6) is 0 Å². The Labute approximate surface area is 105 Å². The lowest BCUT2D eigenvalue weighted by Gasteiger charge is -1.97. The molecule has 0 bridgehead atoms. The van der Waals surface area contributed by atoms with Crippen LogP contribution in [0.4, 0.5) is 0 Å². The van der Waals surface area contributed by atoms with Gasteiger partial charge in [0.1, 0.15) is 0 Å². The van der Waals surface area contributed by atoms with Crippen LogP contribution in [0.1, 0.15) is 11.4 Å². The molecule has 6 nitrogen and oxygen atoms in total. The van der Waals surface area contributed by atoms with Crippen molar-refractivity contribution >= 4 is 23.4 Å². The fourth-order valence-corrected chi connectivity index (χ4v) is 1.85. The molecule has 0 aliphatic heterocycles. The summed E-state index contributed by atoms with van der Waals surface area (Å²) < 4.78 is 21.3. The lowest BCUT2D eigenvalue weighted by Crippen LogP contribution is -2.20. The van der Waals surface area contributed by atoms with Gasteiger partial charge in [-0.1, -0.05) is 41.6 Å². The Morgan fingerprint density at radius 1 is 1.33 bits per heavy atom. The molecule has 18 heavy (non-hydrogen) atoms. The molecule has 0 saturated heterocycles. The summed E-state index contributed by atoms with van der Waals surface area (Å²) in [7, 11) is 1.22. The van der Waals surface area contributed by atoms with E-state index in [0.29, 0.717) is 0 Å². The van der Waals surface area contributed by atoms with Crippen LogP contribution in [-0.4, -0.2) is 20.4 Å². The van der Waals surface area contributed by atoms with Gasteiger partial charge in [-0.05, 0) is 11.6 Å². The highest BCUT2D eigenvalue weighted by atomic mass is 32.2. The second kappa shape index (κ2) is 5.56. The molecule has 2 rings (SSSR count). The van der Waals surface area contributed by atoms with Crippen molar-refractivity contribution < 1.29 is 12.9 Å². The highest BCUT2D eigenvalue weighted by Gasteiger charge is 2.14. The van der Waals surface area contributed by atoms with E-state index in [9.17, 15) is 9.00 Å². The minimum atomic E-state index is -1.94. The number of benzene rings is 1. The Bertz CT molecular complexity index is 630. The van der Waals surface area contributed by atoms with E-state index in [1.165, 1.54) is 13.2 Å². The summed E-state index contributed by atoms with van der Waals surface area (Å²) in [5.74, 6) is -0.702. The van der Waals surface area contributed by atoms with E-state index in [0.717, 1.165) is 9.54 Å². The molecular formula is C11H10N2O4S. The number of rotatable bonds is 4. The second-order valence-electron chi connectivity index (χ2n) is 3.23. The lowest BCUT2D eigenvalue weighted by atomic mass is 10.2. The summed E-state index contributed by atoms with van der Waals surface area (Å²) >= 11 is -1.94. The monoisotopic (exact) mass is 266 g/mol. The fourth-order valence-electron chi connectivity index (χ4n) is 1.30. The average Bonchev–Trinajstić information content (AvgIpc) is 2.78. The number of hydrogen-bond donors (Lipinski definition) is 0. The van der Waals surface area contributed by atoms with Crippen molar-refractivity contribution in [3.05, 3.63) is 52.3 Å². The minimum Gasteiger partial charge on any atom is -0.295 e. The Morgan fingerprint density at radius 3 is 2.72 bits per heavy atom. The predicted octanol–water partition coefficient (Wildman–Crippen LogP) is 1.08. The number of nitrogens with zero attached hydrogens (tertiary/aromatic N) is 2. The van der Waals surface area contributed by atoms with E-state index in [1.54, 1.807) is 6.08 Å². The van der Waals surface area contributed by atoms with Crippen LogP contribution in [0, 0.1) is 0 Å². The van der Waals surface area contributed by atoms with Crippen LogP contribution < -0.4 is 5.76 Å². The maximum absolute atomic E-state index is 11.4. The van der Waals surface area contributed by atoms with Gasteiger partial charge in [0.25, 0.3) is 11.3 Å². The van der Waals surface area contributed by atoms with E-state index in [-0.39, 0.29) is 5.82 Å². The zero-order valence-corrected chi connectivity index (χ0v) is 10.3. The Kier molecular flexibility index (Phi) is 3.85. The highest BCUT2D eigenvalue weighted by molar-refractivity contribution is 7.78. The van der Waals surface area contributed by atoms with Crippen LogP contribution in [0.15, 0.2) is 39.6 Å². The Balaban J connectivity index is 2.33. The van der Waals surface area contributed by atoms with Gasteiger partial charge in [0.05, 0.1) is 7.11 Å². The maximum atomic E-state index is 11.4. The van der Waals surface area contributed by atoms with E-state index < -0.39 is 17.0 Å². The topological polar surface area (TPSA) is 74.3 Å². The SMILES string of the molecule is COS(=O)n1c(/C=C/c2ccccc2)noc1=O. The first kappa shape index (κ1) is 12.5. The molecule has 0 saturated carbocycles. The first-order valence-electron chi connectivity index (χ1n) is 5.01. The smallest absolute Gasteiger partial charge is 0.295 e. The van der Waals surface area contributed by atoms with E-state index >= 15 is 0 Å². The molecule has 0 aliphatic carbocycles. The quantitative estimate of drug-likeness (QED) is 0.827. The maximum Gasteiger partial charge on any atom is 0.455 e. The van der Waals surface area contributed by atoms with Crippen molar-refractivity contribution in [3.63, 3.8) is 0 Å². The van der Waals surface area contributed by atoms with Gasteiger partial charge in [0, 0.05) is 0 Å². The summed E-state index contributed by atoms with van der Waals surface area (Å²) in [6.07, 6.45) is 3.25. The Hall–Kier alpha value is -1.99. The van der Waals surface area contributed by atoms with Crippen LogP contribution >= 0.6 is 0 Å². The minimum absolute atomic E-state index is 0.129. The van der Waals surface area contributed by atoms with Crippen LogP contribution in [-0.2, 0) is 15.4 Å². The van der Waals surface area contributed by atoms with Gasteiger partial charge in [-0.2, -0.15) is 0 Å². The zero-order chi connectivity index (χ0) is 13.0. The predicted molar refractivity (Wildman–Crippen MR) is 66.7 cm³/mol. The lowest BCUT2D eigenvalue weighted by molar-refractivity contribution is 0.380. The van der Waals surface area contributed by atoms with E-state index in [4.69, 9.17) is 0 Å². The fraction of sp³-hybridized carbons (Fsp3) is 0.0909. The van der Waals surface area contributed by atoms with Gasteiger partial charge < -0.3 is 0 Å². The van der Waals surface area contributed by atoms with Crippen LogP contribution in [0.25, 0.3) is 12.2 Å². The molecule has 7 heteroatoms. The molecule has 1 aromatic carbocycles. The van der Waals surface area contributed by atoms with Crippen LogP contribution in [0.2, 0.25) is 0 Å². The van der Waals surface area contributed by atoms with Gasteiger partial charge in [-0.25, -0.2) is 9.00 Å². The summed E-state index contributed by atoms with van der Waals surface area (Å²) in [6, 6.07) is 9.41. The first-order valence-corrected chi connectivity index (χ1v) is 6.04. The van der Waals surface area contributed by atoms with Crippen molar-refractivity contribution in [2.24, 2.45) is 0 Å². The van der Waals surface area contributed by atoms with E-state index in [1.807, 2.05) is 30.3 Å². The van der Waals surface area contributed by atoms with Gasteiger partial charge in [-0.15, -0.1) is 3.97 Å². The third kappa shape index (κ3) is 2.63. The molecule has 1 atom stereocenters. The van der Waals surface area contributed by atoms with Crippen molar-refractivity contribution in [1.29, 1.82) is 0 Å². The largest absolute Gasteiger partial charge is 0.455 e. The molecule has 0 N–H and O–H groups in total. The van der Waals surface area contributed by atoms with Crippen molar-refractivity contribution in [1.82, 2.24) is 9.13 Å². The first-order chi connectivity index (χ1) is 8.72. The summed E-state index contributed by atoms with van der Waals surface area (Å²) in [4.78, 5) is 11.3. The van der Waals surface area contributed by atoms with E-state index in [2.05, 4.69) is 13.9 Å².